The highest BCUT2D eigenvalue weighted by molar-refractivity contribution is 7.91. The Morgan fingerprint density at radius 2 is 1.76 bits per heavy atom. The third kappa shape index (κ3) is 5.11. The summed E-state index contributed by atoms with van der Waals surface area (Å²) in [4.78, 5) is -0.120. The van der Waals surface area contributed by atoms with Crippen LogP contribution in [0.5, 0.6) is 5.75 Å². The molecule has 10 heteroatoms. The molecule has 0 amide bonds. The fourth-order valence-electron chi connectivity index (χ4n) is 2.75. The van der Waals surface area contributed by atoms with Gasteiger partial charge in [-0.1, -0.05) is 0 Å². The molecule has 1 heterocycles. The minimum Gasteiger partial charge on any atom is -0.494 e. The van der Waals surface area contributed by atoms with Crippen LogP contribution in [0.3, 0.4) is 0 Å². The van der Waals surface area contributed by atoms with E-state index in [1.807, 2.05) is 0 Å². The van der Waals surface area contributed by atoms with Gasteiger partial charge < -0.3 is 4.74 Å². The molecule has 1 aliphatic rings. The Kier molecular flexibility index (Phi) is 6.39. The van der Waals surface area contributed by atoms with Crippen LogP contribution in [0.1, 0.15) is 19.8 Å². The van der Waals surface area contributed by atoms with Gasteiger partial charge in [-0.05, 0) is 44.0 Å². The lowest BCUT2D eigenvalue weighted by Crippen LogP contribution is -2.46. The van der Waals surface area contributed by atoms with Crippen molar-refractivity contribution in [2.24, 2.45) is 0 Å². The van der Waals surface area contributed by atoms with Gasteiger partial charge in [-0.3, -0.25) is 0 Å². The maximum absolute atomic E-state index is 13.0. The number of sulfone groups is 1. The molecule has 6 nitrogen and oxygen atoms in total. The maximum Gasteiger partial charge on any atom is 0.252 e. The highest BCUT2D eigenvalue weighted by Crippen LogP contribution is 2.27. The molecule has 0 radical (unpaired) electrons. The third-order valence-electron chi connectivity index (χ3n) is 3.99. The molecule has 1 aromatic rings. The summed E-state index contributed by atoms with van der Waals surface area (Å²) in [5, 5.41) is 0. The van der Waals surface area contributed by atoms with Gasteiger partial charge in [0.2, 0.25) is 10.0 Å². The van der Waals surface area contributed by atoms with Gasteiger partial charge in [0.1, 0.15) is 15.6 Å². The maximum atomic E-state index is 13.0. The molecule has 0 N–H and O–H groups in total. The average Bonchev–Trinajstić information content (AvgIpc) is 2.53. The van der Waals surface area contributed by atoms with Gasteiger partial charge in [0, 0.05) is 6.04 Å². The molecule has 142 valence electrons. The second-order valence-electron chi connectivity index (χ2n) is 5.75. The molecular weight excluding hydrogens is 376 g/mol. The second kappa shape index (κ2) is 7.96. The number of ether oxygens (including phenoxy) is 1. The molecule has 1 fully saturated rings. The van der Waals surface area contributed by atoms with E-state index >= 15 is 0 Å². The summed E-state index contributed by atoms with van der Waals surface area (Å²) in [5.74, 6) is 0.0810. The predicted molar refractivity (Wildman–Crippen MR) is 89.2 cm³/mol. The molecule has 0 unspecified atom stereocenters. The van der Waals surface area contributed by atoms with Crippen LogP contribution >= 0.6 is 0 Å². The molecule has 1 aromatic carbocycles. The Morgan fingerprint density at radius 1 is 1.20 bits per heavy atom. The van der Waals surface area contributed by atoms with Gasteiger partial charge in [-0.2, -0.15) is 4.31 Å². The molecule has 1 saturated heterocycles. The molecule has 0 spiro atoms. The average molecular weight is 397 g/mol. The van der Waals surface area contributed by atoms with Gasteiger partial charge in [-0.25, -0.2) is 25.6 Å². The first kappa shape index (κ1) is 20.1. The zero-order valence-corrected chi connectivity index (χ0v) is 15.4. The zero-order valence-electron chi connectivity index (χ0n) is 13.8. The van der Waals surface area contributed by atoms with Gasteiger partial charge in [0.15, 0.2) is 0 Å². The SMILES string of the molecule is CCOc1ccc(S(=O)(=O)N(CC(F)F)C2CCS(=O)(=O)CC2)cc1. The number of halogens is 2. The number of benzene rings is 1. The van der Waals surface area contributed by atoms with E-state index in [1.54, 1.807) is 6.92 Å². The number of hydrogen-bond acceptors (Lipinski definition) is 5. The van der Waals surface area contributed by atoms with Crippen molar-refractivity contribution in [1.29, 1.82) is 0 Å². The highest BCUT2D eigenvalue weighted by Gasteiger charge is 2.37. The second-order valence-corrected chi connectivity index (χ2v) is 9.95. The van der Waals surface area contributed by atoms with Crippen molar-refractivity contribution < 1.29 is 30.4 Å². The lowest BCUT2D eigenvalue weighted by molar-refractivity contribution is 0.104. The van der Waals surface area contributed by atoms with Crippen molar-refractivity contribution in [3.63, 3.8) is 0 Å². The topological polar surface area (TPSA) is 80.8 Å². The van der Waals surface area contributed by atoms with Crippen molar-refractivity contribution in [2.75, 3.05) is 24.7 Å². The van der Waals surface area contributed by atoms with Crippen LogP contribution < -0.4 is 4.74 Å². The Bertz CT molecular complexity index is 765. The minimum absolute atomic E-state index is 0.0192. The van der Waals surface area contributed by atoms with E-state index in [1.165, 1.54) is 24.3 Å². The Hall–Kier alpha value is -1.26. The highest BCUT2D eigenvalue weighted by atomic mass is 32.2. The molecule has 0 aliphatic carbocycles. The standard InChI is InChI=1S/C15H21F2NO5S2/c1-2-23-13-3-5-14(6-4-13)25(21,22)18(11-15(16)17)12-7-9-24(19,20)10-8-12/h3-6,12,15H,2,7-11H2,1H3. The van der Waals surface area contributed by atoms with E-state index in [2.05, 4.69) is 0 Å². The van der Waals surface area contributed by atoms with Gasteiger partial charge >= 0.3 is 0 Å². The van der Waals surface area contributed by atoms with Gasteiger partial charge in [0.05, 0.1) is 29.6 Å². The van der Waals surface area contributed by atoms with Crippen LogP contribution in [0.2, 0.25) is 0 Å². The molecule has 0 saturated carbocycles. The molecule has 0 atom stereocenters. The fourth-order valence-corrected chi connectivity index (χ4v) is 5.88. The first-order valence-electron chi connectivity index (χ1n) is 7.89. The van der Waals surface area contributed by atoms with Crippen molar-refractivity contribution >= 4 is 19.9 Å². The zero-order chi connectivity index (χ0) is 18.7. The molecular formula is C15H21F2NO5S2. The van der Waals surface area contributed by atoms with Crippen molar-refractivity contribution in [2.45, 2.75) is 37.1 Å². The van der Waals surface area contributed by atoms with Crippen molar-refractivity contribution in [3.05, 3.63) is 24.3 Å². The van der Waals surface area contributed by atoms with E-state index in [-0.39, 0.29) is 29.2 Å². The van der Waals surface area contributed by atoms with Crippen LogP contribution in [0, 0.1) is 0 Å². The molecule has 2 rings (SSSR count). The molecule has 1 aliphatic heterocycles. The summed E-state index contributed by atoms with van der Waals surface area (Å²) < 4.78 is 80.6. The van der Waals surface area contributed by atoms with Crippen LogP contribution in [-0.4, -0.2) is 58.3 Å². The first-order valence-corrected chi connectivity index (χ1v) is 11.1. The third-order valence-corrected chi connectivity index (χ3v) is 7.64. The van der Waals surface area contributed by atoms with Crippen LogP contribution in [0.15, 0.2) is 29.2 Å². The van der Waals surface area contributed by atoms with Crippen LogP contribution in [0.25, 0.3) is 0 Å². The summed E-state index contributed by atoms with van der Waals surface area (Å²) in [5.41, 5.74) is 0. The Morgan fingerprint density at radius 3 is 2.24 bits per heavy atom. The van der Waals surface area contributed by atoms with E-state index in [0.717, 1.165) is 4.31 Å². The van der Waals surface area contributed by atoms with Gasteiger partial charge in [-0.15, -0.1) is 0 Å². The van der Waals surface area contributed by atoms with Crippen LogP contribution in [0.4, 0.5) is 8.78 Å². The van der Waals surface area contributed by atoms with E-state index in [4.69, 9.17) is 4.74 Å². The van der Waals surface area contributed by atoms with Crippen molar-refractivity contribution in [3.8, 4) is 5.75 Å². The fraction of sp³-hybridized carbons (Fsp3) is 0.600. The van der Waals surface area contributed by atoms with Crippen LogP contribution in [-0.2, 0) is 19.9 Å². The van der Waals surface area contributed by atoms with Gasteiger partial charge in [0.25, 0.3) is 6.43 Å². The summed E-state index contributed by atoms with van der Waals surface area (Å²) in [6.45, 7) is 1.24. The van der Waals surface area contributed by atoms with Crippen molar-refractivity contribution in [1.82, 2.24) is 4.31 Å². The summed E-state index contributed by atoms with van der Waals surface area (Å²) in [7, 11) is -7.39. The van der Waals surface area contributed by atoms with E-state index in [0.29, 0.717) is 12.4 Å². The Labute approximate surface area is 146 Å². The number of sulfonamides is 1. The summed E-state index contributed by atoms with van der Waals surface area (Å²) in [6.07, 6.45) is -2.81. The monoisotopic (exact) mass is 397 g/mol. The predicted octanol–water partition coefficient (Wildman–Crippen LogP) is 1.92. The molecule has 0 bridgehead atoms. The number of nitrogens with zero attached hydrogens (tertiary/aromatic N) is 1. The summed E-state index contributed by atoms with van der Waals surface area (Å²) in [6, 6.07) is 4.77. The Balaban J connectivity index is 2.29. The number of hydrogen-bond donors (Lipinski definition) is 0. The molecule has 0 aromatic heterocycles. The number of alkyl halides is 2. The smallest absolute Gasteiger partial charge is 0.252 e. The first-order chi connectivity index (χ1) is 11.7. The van der Waals surface area contributed by atoms with E-state index < -0.39 is 38.9 Å². The summed E-state index contributed by atoms with van der Waals surface area (Å²) >= 11 is 0. The lowest BCUT2D eigenvalue weighted by Gasteiger charge is -2.33. The lowest BCUT2D eigenvalue weighted by atomic mass is 10.1. The number of rotatable bonds is 7. The molecule has 25 heavy (non-hydrogen) atoms. The van der Waals surface area contributed by atoms with E-state index in [9.17, 15) is 25.6 Å². The normalized spacial score (nSPS) is 18.6. The quantitative estimate of drug-likeness (QED) is 0.702. The largest absolute Gasteiger partial charge is 0.494 e. The minimum atomic E-state index is -4.16.